The van der Waals surface area contributed by atoms with Crippen LogP contribution in [-0.2, 0) is 14.4 Å². The minimum atomic E-state index is -0.311. The van der Waals surface area contributed by atoms with Gasteiger partial charge in [0.1, 0.15) is 18.0 Å². The zero-order valence-electron chi connectivity index (χ0n) is 19.1. The molecule has 10 heteroatoms. The van der Waals surface area contributed by atoms with Gasteiger partial charge in [0.15, 0.2) is 6.61 Å². The number of anilines is 2. The first-order valence-electron chi connectivity index (χ1n) is 11.0. The summed E-state index contributed by atoms with van der Waals surface area (Å²) in [6.07, 6.45) is 0.698. The molecule has 34 heavy (non-hydrogen) atoms. The van der Waals surface area contributed by atoms with E-state index in [0.717, 1.165) is 0 Å². The lowest BCUT2D eigenvalue weighted by molar-refractivity contribution is -0.131. The van der Waals surface area contributed by atoms with Gasteiger partial charge in [-0.1, -0.05) is 23.2 Å². The molecule has 0 atom stereocenters. The molecule has 2 aromatic rings. The van der Waals surface area contributed by atoms with Gasteiger partial charge in [0.05, 0.1) is 17.3 Å². The highest BCUT2D eigenvalue weighted by Gasteiger charge is 2.29. The Hall–Kier alpha value is -2.97. The predicted molar refractivity (Wildman–Crippen MR) is 132 cm³/mol. The molecule has 0 spiro atoms. The number of ether oxygens (including phenoxy) is 2. The molecule has 2 aromatic carbocycles. The van der Waals surface area contributed by atoms with Crippen molar-refractivity contribution in [2.45, 2.75) is 26.7 Å². The molecule has 1 aliphatic heterocycles. The quantitative estimate of drug-likeness (QED) is 0.482. The average Bonchev–Trinajstić information content (AvgIpc) is 2.80. The van der Waals surface area contributed by atoms with E-state index in [9.17, 15) is 14.4 Å². The maximum Gasteiger partial charge on any atom is 0.265 e. The molecule has 1 heterocycles. The molecule has 1 N–H and O–H groups in total. The van der Waals surface area contributed by atoms with Crippen LogP contribution in [0.2, 0.25) is 10.0 Å². The number of hydrogen-bond acceptors (Lipinski definition) is 5. The Labute approximate surface area is 208 Å². The zero-order valence-corrected chi connectivity index (χ0v) is 20.6. The number of nitrogens with zero attached hydrogens (tertiary/aromatic N) is 2. The van der Waals surface area contributed by atoms with Crippen LogP contribution in [0, 0.1) is 0 Å². The molecule has 0 bridgehead atoms. The molecule has 3 amide bonds. The minimum absolute atomic E-state index is 0.0845. The lowest BCUT2D eigenvalue weighted by atomic mass is 10.2. The van der Waals surface area contributed by atoms with Gasteiger partial charge in [-0.2, -0.15) is 0 Å². The molecule has 0 fully saturated rings. The van der Waals surface area contributed by atoms with Gasteiger partial charge in [0.25, 0.3) is 5.91 Å². The van der Waals surface area contributed by atoms with E-state index in [0.29, 0.717) is 59.0 Å². The van der Waals surface area contributed by atoms with E-state index >= 15 is 0 Å². The van der Waals surface area contributed by atoms with Crippen molar-refractivity contribution in [1.29, 1.82) is 0 Å². The molecule has 1 aliphatic rings. The molecule has 3 rings (SSSR count). The number of benzene rings is 2. The van der Waals surface area contributed by atoms with Crippen LogP contribution in [0.5, 0.6) is 11.5 Å². The van der Waals surface area contributed by atoms with Crippen LogP contribution < -0.4 is 19.7 Å². The maximum atomic E-state index is 12.6. The molecule has 0 radical (unpaired) electrons. The Bertz CT molecular complexity index is 1060. The van der Waals surface area contributed by atoms with Gasteiger partial charge in [-0.25, -0.2) is 0 Å². The fourth-order valence-corrected chi connectivity index (χ4v) is 3.96. The van der Waals surface area contributed by atoms with E-state index in [4.69, 9.17) is 32.7 Å². The van der Waals surface area contributed by atoms with Gasteiger partial charge in [-0.3, -0.25) is 19.3 Å². The number of halogens is 2. The Morgan fingerprint density at radius 3 is 2.62 bits per heavy atom. The van der Waals surface area contributed by atoms with Crippen LogP contribution in [0.25, 0.3) is 0 Å². The SMILES string of the molecule is CCN(CC)C(=O)CN1C(=O)COc2ccc(NC(=O)CCCOc3ccc(Cl)cc3Cl)cc21. The molecule has 8 nitrogen and oxygen atoms in total. The topological polar surface area (TPSA) is 88.2 Å². The molecule has 0 aliphatic carbocycles. The molecule has 0 aromatic heterocycles. The Morgan fingerprint density at radius 1 is 1.15 bits per heavy atom. The summed E-state index contributed by atoms with van der Waals surface area (Å²) >= 11 is 11.9. The first-order valence-corrected chi connectivity index (χ1v) is 11.8. The van der Waals surface area contributed by atoms with Gasteiger partial charge in [0, 0.05) is 30.2 Å². The number of nitrogens with one attached hydrogen (secondary N) is 1. The van der Waals surface area contributed by atoms with Crippen LogP contribution >= 0.6 is 23.2 Å². The third-order valence-corrected chi connectivity index (χ3v) is 5.83. The number of fused-ring (bicyclic) bond motifs is 1. The van der Waals surface area contributed by atoms with Crippen molar-refractivity contribution in [1.82, 2.24) is 4.90 Å². The van der Waals surface area contributed by atoms with E-state index in [1.165, 1.54) is 4.90 Å². The van der Waals surface area contributed by atoms with Crippen LogP contribution in [0.4, 0.5) is 11.4 Å². The highest BCUT2D eigenvalue weighted by atomic mass is 35.5. The first kappa shape index (κ1) is 25.6. The molecule has 182 valence electrons. The summed E-state index contributed by atoms with van der Waals surface area (Å²) in [6.45, 7) is 4.98. The largest absolute Gasteiger partial charge is 0.492 e. The molecule has 0 saturated heterocycles. The Morgan fingerprint density at radius 2 is 1.91 bits per heavy atom. The number of carbonyl (C=O) groups excluding carboxylic acids is 3. The maximum absolute atomic E-state index is 12.6. The second-order valence-corrected chi connectivity index (χ2v) is 8.44. The van der Waals surface area contributed by atoms with Crippen LogP contribution in [0.15, 0.2) is 36.4 Å². The Balaban J connectivity index is 1.58. The van der Waals surface area contributed by atoms with Crippen LogP contribution in [0.1, 0.15) is 26.7 Å². The summed E-state index contributed by atoms with van der Waals surface area (Å²) in [6, 6.07) is 9.97. The number of likely N-dealkylation sites (N-methyl/N-ethyl adjacent to an activating group) is 1. The van der Waals surface area contributed by atoms with Crippen molar-refractivity contribution in [3.63, 3.8) is 0 Å². The third kappa shape index (κ3) is 6.55. The van der Waals surface area contributed by atoms with Gasteiger partial charge in [-0.15, -0.1) is 0 Å². The zero-order chi connectivity index (χ0) is 24.7. The van der Waals surface area contributed by atoms with E-state index in [1.807, 2.05) is 13.8 Å². The molecule has 0 saturated carbocycles. The summed E-state index contributed by atoms with van der Waals surface area (Å²) in [5.74, 6) is 0.318. The van der Waals surface area contributed by atoms with Crippen molar-refractivity contribution in [3.05, 3.63) is 46.4 Å². The Kier molecular flexibility index (Phi) is 9.01. The van der Waals surface area contributed by atoms with Crippen molar-refractivity contribution < 1.29 is 23.9 Å². The fraction of sp³-hybridized carbons (Fsp3) is 0.375. The second kappa shape index (κ2) is 11.9. The summed E-state index contributed by atoms with van der Waals surface area (Å²) in [5, 5.41) is 3.74. The molecular formula is C24H27Cl2N3O5. The van der Waals surface area contributed by atoms with Crippen LogP contribution in [0.3, 0.4) is 0 Å². The number of hydrogen-bond donors (Lipinski definition) is 1. The summed E-state index contributed by atoms with van der Waals surface area (Å²) < 4.78 is 11.1. The van der Waals surface area contributed by atoms with Crippen molar-refractivity contribution in [2.24, 2.45) is 0 Å². The highest BCUT2D eigenvalue weighted by molar-refractivity contribution is 6.35. The normalized spacial score (nSPS) is 12.6. The second-order valence-electron chi connectivity index (χ2n) is 7.59. The van der Waals surface area contributed by atoms with E-state index in [-0.39, 0.29) is 37.3 Å². The standard InChI is InChI=1S/C24H27Cl2N3O5/c1-3-28(4-2)23(31)14-29-19-13-17(8-10-21(19)34-15-24(29)32)27-22(30)6-5-11-33-20-9-7-16(25)12-18(20)26/h7-10,12-13H,3-6,11,14-15H2,1-2H3,(H,27,30). The highest BCUT2D eigenvalue weighted by Crippen LogP contribution is 2.34. The number of carbonyl (C=O) groups is 3. The number of amides is 3. The molecular weight excluding hydrogens is 481 g/mol. The minimum Gasteiger partial charge on any atom is -0.492 e. The van der Waals surface area contributed by atoms with Crippen molar-refractivity contribution >= 4 is 52.3 Å². The monoisotopic (exact) mass is 507 g/mol. The summed E-state index contributed by atoms with van der Waals surface area (Å²) in [5.41, 5.74) is 0.958. The van der Waals surface area contributed by atoms with E-state index < -0.39 is 0 Å². The third-order valence-electron chi connectivity index (χ3n) is 5.29. The summed E-state index contributed by atoms with van der Waals surface area (Å²) in [7, 11) is 0. The van der Waals surface area contributed by atoms with Crippen molar-refractivity contribution in [3.8, 4) is 11.5 Å². The predicted octanol–water partition coefficient (Wildman–Crippen LogP) is 4.38. The van der Waals surface area contributed by atoms with Gasteiger partial charge < -0.3 is 19.7 Å². The smallest absolute Gasteiger partial charge is 0.265 e. The van der Waals surface area contributed by atoms with Gasteiger partial charge in [0.2, 0.25) is 11.8 Å². The lowest BCUT2D eigenvalue weighted by Crippen LogP contribution is -2.46. The van der Waals surface area contributed by atoms with Gasteiger partial charge in [-0.05, 0) is 56.7 Å². The van der Waals surface area contributed by atoms with E-state index in [2.05, 4.69) is 5.32 Å². The van der Waals surface area contributed by atoms with Crippen molar-refractivity contribution in [2.75, 3.05) is 43.1 Å². The van der Waals surface area contributed by atoms with Crippen LogP contribution in [-0.4, -0.2) is 55.5 Å². The van der Waals surface area contributed by atoms with Gasteiger partial charge >= 0.3 is 0 Å². The molecule has 0 unspecified atom stereocenters. The number of rotatable bonds is 10. The lowest BCUT2D eigenvalue weighted by Gasteiger charge is -2.31. The van der Waals surface area contributed by atoms with E-state index in [1.54, 1.807) is 41.3 Å². The summed E-state index contributed by atoms with van der Waals surface area (Å²) in [4.78, 5) is 40.5. The average molecular weight is 508 g/mol. The fourth-order valence-electron chi connectivity index (χ4n) is 3.50. The first-order chi connectivity index (χ1) is 16.3.